The van der Waals surface area contributed by atoms with Gasteiger partial charge in [-0.2, -0.15) is 0 Å². The van der Waals surface area contributed by atoms with Crippen molar-refractivity contribution < 1.29 is 24.9 Å². The van der Waals surface area contributed by atoms with Crippen LogP contribution in [0.15, 0.2) is 33.6 Å². The standard InChI is InChI=1S/C23H35BrO5S/c1-29-23(28)11-5-3-2-4-8-17-18(21(27)14-20(17)26)13-12-16(25)15-30-22-10-7-6-9-19(22)24/h6-7,9-10,16-18,20-21,25-27H,2-5,8,11-15H2,1H3/t16?,17-,18-,20+,21-/m1/s1. The second-order valence-corrected chi connectivity index (χ2v) is 10.1. The molecule has 5 nitrogen and oxygen atoms in total. The van der Waals surface area contributed by atoms with E-state index in [9.17, 15) is 20.1 Å². The Bertz CT molecular complexity index is 644. The molecule has 0 spiro atoms. The van der Waals surface area contributed by atoms with Crippen molar-refractivity contribution in [1.82, 2.24) is 0 Å². The van der Waals surface area contributed by atoms with Gasteiger partial charge in [-0.15, -0.1) is 11.8 Å². The molecule has 1 aliphatic carbocycles. The summed E-state index contributed by atoms with van der Waals surface area (Å²) in [6.45, 7) is 0. The van der Waals surface area contributed by atoms with Crippen molar-refractivity contribution in [3.05, 3.63) is 28.7 Å². The van der Waals surface area contributed by atoms with Crippen LogP contribution >= 0.6 is 27.7 Å². The first-order valence-electron chi connectivity index (χ1n) is 10.9. The lowest BCUT2D eigenvalue weighted by Gasteiger charge is -2.24. The fourth-order valence-corrected chi connectivity index (χ4v) is 5.85. The Labute approximate surface area is 192 Å². The maximum absolute atomic E-state index is 11.1. The summed E-state index contributed by atoms with van der Waals surface area (Å²) in [7, 11) is 1.41. The second-order valence-electron chi connectivity index (χ2n) is 8.20. The highest BCUT2D eigenvalue weighted by Crippen LogP contribution is 2.39. The van der Waals surface area contributed by atoms with E-state index in [0.717, 1.165) is 47.9 Å². The van der Waals surface area contributed by atoms with Crippen LogP contribution in [0.5, 0.6) is 0 Å². The first-order valence-corrected chi connectivity index (χ1v) is 12.7. The quantitative estimate of drug-likeness (QED) is 0.208. The Morgan fingerprint density at radius 3 is 2.50 bits per heavy atom. The van der Waals surface area contributed by atoms with E-state index < -0.39 is 18.3 Å². The number of carbonyl (C=O) groups excluding carboxylic acids is 1. The zero-order chi connectivity index (χ0) is 21.9. The highest BCUT2D eigenvalue weighted by molar-refractivity contribution is 9.10. The number of ether oxygens (including phenoxy) is 1. The number of aliphatic hydroxyl groups excluding tert-OH is 3. The Balaban J connectivity index is 1.70. The minimum absolute atomic E-state index is 0.0400. The molecule has 2 rings (SSSR count). The van der Waals surface area contributed by atoms with Crippen LogP contribution in [0.4, 0.5) is 0 Å². The van der Waals surface area contributed by atoms with Gasteiger partial charge in [0.15, 0.2) is 0 Å². The monoisotopic (exact) mass is 502 g/mol. The molecule has 1 unspecified atom stereocenters. The molecule has 30 heavy (non-hydrogen) atoms. The number of hydrogen-bond acceptors (Lipinski definition) is 6. The molecule has 0 bridgehead atoms. The van der Waals surface area contributed by atoms with E-state index in [1.165, 1.54) is 7.11 Å². The summed E-state index contributed by atoms with van der Waals surface area (Å²) >= 11 is 5.15. The minimum Gasteiger partial charge on any atom is -0.469 e. The molecule has 0 amide bonds. The van der Waals surface area contributed by atoms with Crippen molar-refractivity contribution in [3.8, 4) is 0 Å². The molecule has 1 aromatic carbocycles. The van der Waals surface area contributed by atoms with Crippen molar-refractivity contribution in [2.24, 2.45) is 11.8 Å². The van der Waals surface area contributed by atoms with Crippen LogP contribution < -0.4 is 0 Å². The molecule has 1 fully saturated rings. The largest absolute Gasteiger partial charge is 0.469 e. The van der Waals surface area contributed by atoms with Gasteiger partial charge in [-0.05, 0) is 72.0 Å². The lowest BCUT2D eigenvalue weighted by atomic mass is 9.85. The predicted molar refractivity (Wildman–Crippen MR) is 123 cm³/mol. The van der Waals surface area contributed by atoms with Crippen molar-refractivity contribution in [2.75, 3.05) is 12.9 Å². The molecule has 0 saturated heterocycles. The first-order chi connectivity index (χ1) is 14.4. The van der Waals surface area contributed by atoms with E-state index in [1.54, 1.807) is 11.8 Å². The van der Waals surface area contributed by atoms with Crippen LogP contribution in [0.3, 0.4) is 0 Å². The molecule has 0 aliphatic heterocycles. The normalized spacial score (nSPS) is 24.7. The number of hydrogen-bond donors (Lipinski definition) is 3. The average Bonchev–Trinajstić information content (AvgIpc) is 3.00. The third-order valence-corrected chi connectivity index (χ3v) is 8.19. The van der Waals surface area contributed by atoms with Crippen molar-refractivity contribution in [3.63, 3.8) is 0 Å². The van der Waals surface area contributed by atoms with E-state index in [0.29, 0.717) is 25.0 Å². The second kappa shape index (κ2) is 13.7. The van der Waals surface area contributed by atoms with Crippen molar-refractivity contribution in [1.29, 1.82) is 0 Å². The summed E-state index contributed by atoms with van der Waals surface area (Å²) in [5, 5.41) is 31.2. The summed E-state index contributed by atoms with van der Waals surface area (Å²) < 4.78 is 5.68. The summed E-state index contributed by atoms with van der Waals surface area (Å²) in [5.74, 6) is 0.571. The third-order valence-electron chi connectivity index (χ3n) is 6.02. The van der Waals surface area contributed by atoms with E-state index in [1.807, 2.05) is 24.3 Å². The molecule has 0 aromatic heterocycles. The summed E-state index contributed by atoms with van der Waals surface area (Å²) in [4.78, 5) is 12.2. The molecule has 5 atom stereocenters. The lowest BCUT2D eigenvalue weighted by molar-refractivity contribution is -0.140. The molecule has 0 heterocycles. The molecule has 0 radical (unpaired) electrons. The predicted octanol–water partition coefficient (Wildman–Crippen LogP) is 4.55. The van der Waals surface area contributed by atoms with E-state index in [-0.39, 0.29) is 17.8 Å². The molecule has 7 heteroatoms. The maximum Gasteiger partial charge on any atom is 0.305 e. The third kappa shape index (κ3) is 8.50. The Hall–Kier alpha value is -0.600. The van der Waals surface area contributed by atoms with Gasteiger partial charge in [0.1, 0.15) is 0 Å². The fraction of sp³-hybridized carbons (Fsp3) is 0.696. The molecular formula is C23H35BrO5S. The Kier molecular flexibility index (Phi) is 11.7. The topological polar surface area (TPSA) is 87.0 Å². The molecule has 3 N–H and O–H groups in total. The number of thioether (sulfide) groups is 1. The lowest BCUT2D eigenvalue weighted by Crippen LogP contribution is -2.24. The number of esters is 1. The fourth-order valence-electron chi connectivity index (χ4n) is 4.30. The molecular weight excluding hydrogens is 468 g/mol. The van der Waals surface area contributed by atoms with Crippen LogP contribution in [0.1, 0.15) is 57.8 Å². The number of aliphatic hydroxyl groups is 3. The van der Waals surface area contributed by atoms with Crippen LogP contribution in [0.2, 0.25) is 0 Å². The number of methoxy groups -OCH3 is 1. The van der Waals surface area contributed by atoms with Crippen LogP contribution in [0, 0.1) is 11.8 Å². The van der Waals surface area contributed by atoms with Crippen molar-refractivity contribution >= 4 is 33.7 Å². The molecule has 1 aliphatic rings. The smallest absolute Gasteiger partial charge is 0.305 e. The van der Waals surface area contributed by atoms with Gasteiger partial charge in [-0.3, -0.25) is 4.79 Å². The van der Waals surface area contributed by atoms with Gasteiger partial charge in [0.2, 0.25) is 0 Å². The van der Waals surface area contributed by atoms with Crippen LogP contribution in [-0.2, 0) is 9.53 Å². The highest BCUT2D eigenvalue weighted by Gasteiger charge is 2.40. The zero-order valence-electron chi connectivity index (χ0n) is 17.7. The highest BCUT2D eigenvalue weighted by atomic mass is 79.9. The van der Waals surface area contributed by atoms with Gasteiger partial charge in [0.25, 0.3) is 0 Å². The van der Waals surface area contributed by atoms with Gasteiger partial charge < -0.3 is 20.1 Å². The van der Waals surface area contributed by atoms with E-state index in [4.69, 9.17) is 0 Å². The number of rotatable bonds is 13. The molecule has 1 saturated carbocycles. The average molecular weight is 503 g/mol. The van der Waals surface area contributed by atoms with Gasteiger partial charge in [0, 0.05) is 21.5 Å². The number of halogens is 1. The minimum atomic E-state index is -0.493. The van der Waals surface area contributed by atoms with Gasteiger partial charge in [-0.1, -0.05) is 31.4 Å². The SMILES string of the molecule is COC(=O)CCCCCC[C@@H]1[C@@H](CCC(O)CSc2ccccc2Br)[C@H](O)C[C@@H]1O. The number of carbonyl (C=O) groups is 1. The van der Waals surface area contributed by atoms with Crippen molar-refractivity contribution in [2.45, 2.75) is 81.0 Å². The van der Waals surface area contributed by atoms with Gasteiger partial charge in [-0.25, -0.2) is 0 Å². The number of benzene rings is 1. The zero-order valence-corrected chi connectivity index (χ0v) is 20.1. The molecule has 170 valence electrons. The van der Waals surface area contributed by atoms with Gasteiger partial charge >= 0.3 is 5.97 Å². The van der Waals surface area contributed by atoms with Gasteiger partial charge in [0.05, 0.1) is 25.4 Å². The van der Waals surface area contributed by atoms with E-state index in [2.05, 4.69) is 20.7 Å². The van der Waals surface area contributed by atoms with Crippen LogP contribution in [0.25, 0.3) is 0 Å². The molecule has 1 aromatic rings. The summed E-state index contributed by atoms with van der Waals surface area (Å²) in [6.07, 6.45) is 5.50. The summed E-state index contributed by atoms with van der Waals surface area (Å²) in [6, 6.07) is 7.97. The first kappa shape index (κ1) is 25.7. The maximum atomic E-state index is 11.1. The number of unbranched alkanes of at least 4 members (excludes halogenated alkanes) is 3. The Morgan fingerprint density at radius 2 is 1.80 bits per heavy atom. The Morgan fingerprint density at radius 1 is 1.13 bits per heavy atom. The van der Waals surface area contributed by atoms with E-state index >= 15 is 0 Å². The van der Waals surface area contributed by atoms with Crippen LogP contribution in [-0.4, -0.2) is 52.5 Å². The summed E-state index contributed by atoms with van der Waals surface area (Å²) in [5.41, 5.74) is 0.